The summed E-state index contributed by atoms with van der Waals surface area (Å²) in [6.07, 6.45) is 2.16. The summed E-state index contributed by atoms with van der Waals surface area (Å²) in [5.41, 5.74) is 2.00. The van der Waals surface area contributed by atoms with Gasteiger partial charge in [-0.05, 0) is 37.8 Å². The molecular formula is C17H19ClN2O2. The van der Waals surface area contributed by atoms with Crippen molar-refractivity contribution >= 4 is 29.1 Å². The van der Waals surface area contributed by atoms with Crippen LogP contribution in [0.1, 0.15) is 25.3 Å². The van der Waals surface area contributed by atoms with Crippen LogP contribution in [-0.2, 0) is 9.59 Å². The molecule has 0 spiro atoms. The molecule has 2 heterocycles. The topological polar surface area (TPSA) is 40.6 Å². The summed E-state index contributed by atoms with van der Waals surface area (Å²) in [4.78, 5) is 28.3. The average Bonchev–Trinajstić information content (AvgIpc) is 2.71. The van der Waals surface area contributed by atoms with Gasteiger partial charge in [0, 0.05) is 13.1 Å². The summed E-state index contributed by atoms with van der Waals surface area (Å²) in [7, 11) is 0. The van der Waals surface area contributed by atoms with Crippen LogP contribution in [-0.4, -0.2) is 29.8 Å². The molecule has 2 aliphatic heterocycles. The molecule has 3 rings (SSSR count). The van der Waals surface area contributed by atoms with Gasteiger partial charge in [-0.2, -0.15) is 0 Å². The fraction of sp³-hybridized carbons (Fsp3) is 0.412. The number of hydrogen-bond acceptors (Lipinski definition) is 3. The van der Waals surface area contributed by atoms with Gasteiger partial charge in [0.2, 0.25) is 0 Å². The average molecular weight is 319 g/mol. The summed E-state index contributed by atoms with van der Waals surface area (Å²) < 4.78 is 0. The lowest BCUT2D eigenvalue weighted by Crippen LogP contribution is -2.39. The maximum Gasteiger partial charge on any atom is 0.283 e. The van der Waals surface area contributed by atoms with Crippen molar-refractivity contribution in [3.8, 4) is 0 Å². The van der Waals surface area contributed by atoms with Crippen LogP contribution in [0.25, 0.3) is 0 Å². The lowest BCUT2D eigenvalue weighted by Gasteiger charge is -2.33. The van der Waals surface area contributed by atoms with E-state index in [4.69, 9.17) is 11.6 Å². The minimum absolute atomic E-state index is 0.0414. The Labute approximate surface area is 135 Å². The Morgan fingerprint density at radius 3 is 2.45 bits per heavy atom. The van der Waals surface area contributed by atoms with Crippen molar-refractivity contribution in [3.63, 3.8) is 0 Å². The molecule has 0 bridgehead atoms. The van der Waals surface area contributed by atoms with Crippen LogP contribution < -0.4 is 4.90 Å². The Morgan fingerprint density at radius 2 is 1.82 bits per heavy atom. The number of carbonyl (C=O) groups is 2. The number of halogens is 1. The van der Waals surface area contributed by atoms with Crippen LogP contribution in [0, 0.1) is 12.8 Å². The van der Waals surface area contributed by atoms with Gasteiger partial charge in [-0.3, -0.25) is 9.59 Å². The number of hydrogen-bond donors (Lipinski definition) is 0. The second-order valence-corrected chi connectivity index (χ2v) is 6.52. The number of carbonyl (C=O) groups excluding carboxylic acids is 2. The van der Waals surface area contributed by atoms with Crippen molar-refractivity contribution < 1.29 is 9.59 Å². The van der Waals surface area contributed by atoms with Gasteiger partial charge in [0.05, 0.1) is 5.69 Å². The van der Waals surface area contributed by atoms with Crippen LogP contribution in [0.5, 0.6) is 0 Å². The Balaban J connectivity index is 1.91. The smallest absolute Gasteiger partial charge is 0.283 e. The van der Waals surface area contributed by atoms with Crippen molar-refractivity contribution in [1.29, 1.82) is 0 Å². The predicted octanol–water partition coefficient (Wildman–Crippen LogP) is 3.05. The summed E-state index contributed by atoms with van der Waals surface area (Å²) in [6, 6.07) is 7.31. The zero-order chi connectivity index (χ0) is 15.9. The first-order valence-electron chi connectivity index (χ1n) is 7.59. The third kappa shape index (κ3) is 2.52. The van der Waals surface area contributed by atoms with E-state index in [2.05, 4.69) is 6.92 Å². The van der Waals surface area contributed by atoms with Gasteiger partial charge in [0.1, 0.15) is 10.7 Å². The van der Waals surface area contributed by atoms with Crippen LogP contribution in [0.3, 0.4) is 0 Å². The number of piperidine rings is 1. The molecule has 1 fully saturated rings. The monoisotopic (exact) mass is 318 g/mol. The van der Waals surface area contributed by atoms with E-state index in [-0.39, 0.29) is 10.9 Å². The zero-order valence-electron chi connectivity index (χ0n) is 12.8. The van der Waals surface area contributed by atoms with Gasteiger partial charge in [-0.1, -0.05) is 36.2 Å². The minimum Gasteiger partial charge on any atom is -0.365 e. The number of nitrogens with zero attached hydrogens (tertiary/aromatic N) is 2. The summed E-state index contributed by atoms with van der Waals surface area (Å²) in [5, 5.41) is 0.0414. The molecule has 5 heteroatoms. The molecule has 0 aliphatic carbocycles. The number of imide groups is 1. The first kappa shape index (κ1) is 15.1. The van der Waals surface area contributed by atoms with E-state index in [0.717, 1.165) is 31.5 Å². The lowest BCUT2D eigenvalue weighted by molar-refractivity contribution is -0.121. The largest absolute Gasteiger partial charge is 0.365 e. The number of aryl methyl sites for hydroxylation is 1. The van der Waals surface area contributed by atoms with Gasteiger partial charge in [0.15, 0.2) is 0 Å². The van der Waals surface area contributed by atoms with E-state index < -0.39 is 5.91 Å². The molecule has 1 aromatic rings. The summed E-state index contributed by atoms with van der Waals surface area (Å²) in [5.74, 6) is -0.237. The van der Waals surface area contributed by atoms with Gasteiger partial charge in [-0.15, -0.1) is 0 Å². The highest BCUT2D eigenvalue weighted by Gasteiger charge is 2.41. The molecule has 4 nitrogen and oxygen atoms in total. The van der Waals surface area contributed by atoms with Crippen LogP contribution in [0.2, 0.25) is 0 Å². The Hall–Kier alpha value is -1.81. The zero-order valence-corrected chi connectivity index (χ0v) is 13.6. The molecular weight excluding hydrogens is 300 g/mol. The highest BCUT2D eigenvalue weighted by atomic mass is 35.5. The molecule has 1 atom stereocenters. The minimum atomic E-state index is -0.427. The Bertz CT molecular complexity index is 651. The van der Waals surface area contributed by atoms with Gasteiger partial charge >= 0.3 is 0 Å². The number of amides is 2. The van der Waals surface area contributed by atoms with Crippen molar-refractivity contribution in [2.24, 2.45) is 5.92 Å². The molecule has 1 unspecified atom stereocenters. The highest BCUT2D eigenvalue weighted by Crippen LogP contribution is 2.33. The fourth-order valence-corrected chi connectivity index (χ4v) is 3.37. The van der Waals surface area contributed by atoms with E-state index in [1.165, 1.54) is 4.90 Å². The highest BCUT2D eigenvalue weighted by molar-refractivity contribution is 6.52. The van der Waals surface area contributed by atoms with Gasteiger partial charge in [0.25, 0.3) is 11.8 Å². The fourth-order valence-electron chi connectivity index (χ4n) is 3.09. The van der Waals surface area contributed by atoms with Crippen molar-refractivity contribution in [3.05, 3.63) is 40.6 Å². The maximum absolute atomic E-state index is 12.7. The van der Waals surface area contributed by atoms with E-state index >= 15 is 0 Å². The number of rotatable bonds is 2. The van der Waals surface area contributed by atoms with Crippen molar-refractivity contribution in [1.82, 2.24) is 4.90 Å². The summed E-state index contributed by atoms with van der Waals surface area (Å²) >= 11 is 6.21. The molecule has 116 valence electrons. The molecule has 1 saturated heterocycles. The second kappa shape index (κ2) is 5.76. The SMILES string of the molecule is Cc1ccc(N2C(=O)C(Cl)=C(N3CCCC(C)C3)C2=O)cc1. The third-order valence-electron chi connectivity index (χ3n) is 4.27. The van der Waals surface area contributed by atoms with Gasteiger partial charge in [-0.25, -0.2) is 4.90 Å². The molecule has 0 radical (unpaired) electrons. The molecule has 22 heavy (non-hydrogen) atoms. The molecule has 0 saturated carbocycles. The van der Waals surface area contributed by atoms with Crippen molar-refractivity contribution in [2.75, 3.05) is 18.0 Å². The number of anilines is 1. The Morgan fingerprint density at radius 1 is 1.14 bits per heavy atom. The van der Waals surface area contributed by atoms with E-state index in [1.807, 2.05) is 24.0 Å². The van der Waals surface area contributed by atoms with Gasteiger partial charge < -0.3 is 4.90 Å². The Kier molecular flexibility index (Phi) is 3.96. The van der Waals surface area contributed by atoms with Crippen LogP contribution >= 0.6 is 11.6 Å². The van der Waals surface area contributed by atoms with E-state index in [9.17, 15) is 9.59 Å². The molecule has 0 aromatic heterocycles. The third-order valence-corrected chi connectivity index (χ3v) is 4.61. The van der Waals surface area contributed by atoms with E-state index in [0.29, 0.717) is 17.3 Å². The van der Waals surface area contributed by atoms with Crippen molar-refractivity contribution in [2.45, 2.75) is 26.7 Å². The molecule has 2 amide bonds. The standard InChI is InChI=1S/C17H19ClN2O2/c1-11-5-7-13(8-6-11)20-16(21)14(18)15(17(20)22)19-9-3-4-12(2)10-19/h5-8,12H,3-4,9-10H2,1-2H3. The summed E-state index contributed by atoms with van der Waals surface area (Å²) in [6.45, 7) is 5.66. The number of likely N-dealkylation sites (tertiary alicyclic amines) is 1. The lowest BCUT2D eigenvalue weighted by atomic mass is 10.00. The number of benzene rings is 1. The normalized spacial score (nSPS) is 22.8. The first-order valence-corrected chi connectivity index (χ1v) is 7.97. The predicted molar refractivity (Wildman–Crippen MR) is 86.5 cm³/mol. The van der Waals surface area contributed by atoms with E-state index in [1.54, 1.807) is 12.1 Å². The molecule has 2 aliphatic rings. The molecule has 1 aromatic carbocycles. The molecule has 0 N–H and O–H groups in total. The maximum atomic E-state index is 12.7. The second-order valence-electron chi connectivity index (χ2n) is 6.14. The van der Waals surface area contributed by atoms with Crippen LogP contribution in [0.15, 0.2) is 35.0 Å². The first-order chi connectivity index (χ1) is 10.5. The van der Waals surface area contributed by atoms with Crippen LogP contribution in [0.4, 0.5) is 5.69 Å². The quantitative estimate of drug-likeness (QED) is 0.787.